The lowest BCUT2D eigenvalue weighted by molar-refractivity contribution is -0.155. The zero-order valence-electron chi connectivity index (χ0n) is 12.5. The average molecular weight is 301 g/mol. The largest absolute Gasteiger partial charge is 0.459 e. The van der Waals surface area contributed by atoms with Gasteiger partial charge < -0.3 is 14.5 Å². The summed E-state index contributed by atoms with van der Waals surface area (Å²) in [5.74, 6) is 0.0823. The lowest BCUT2D eigenvalue weighted by atomic mass is 9.86. The van der Waals surface area contributed by atoms with Crippen LogP contribution in [0.5, 0.6) is 0 Å². The molecule has 116 valence electrons. The zero-order valence-corrected chi connectivity index (χ0v) is 12.5. The standard InChI is InChI=1S/C17H19NO4/c1-11(15-9-13-5-2-3-8-14(13)22-15)18-16(19)10-21-17(20)12-6-4-7-12/h2-3,5,8-9,11-12H,4,6-7,10H2,1H3,(H,18,19)/t11-/m0/s1. The predicted molar refractivity (Wildman–Crippen MR) is 81.1 cm³/mol. The number of carbonyl (C=O) groups excluding carboxylic acids is 2. The average Bonchev–Trinajstić information content (AvgIpc) is 2.87. The van der Waals surface area contributed by atoms with E-state index in [1.807, 2.05) is 37.3 Å². The van der Waals surface area contributed by atoms with E-state index in [2.05, 4.69) is 5.32 Å². The molecule has 1 aliphatic rings. The monoisotopic (exact) mass is 301 g/mol. The van der Waals surface area contributed by atoms with Crippen LogP contribution in [0, 0.1) is 5.92 Å². The molecule has 1 atom stereocenters. The molecule has 22 heavy (non-hydrogen) atoms. The van der Waals surface area contributed by atoms with Crippen LogP contribution in [0.4, 0.5) is 0 Å². The molecule has 1 saturated carbocycles. The van der Waals surface area contributed by atoms with Gasteiger partial charge in [0.15, 0.2) is 6.61 Å². The van der Waals surface area contributed by atoms with Crippen LogP contribution in [0.2, 0.25) is 0 Å². The summed E-state index contributed by atoms with van der Waals surface area (Å²) in [4.78, 5) is 23.4. The Balaban J connectivity index is 1.52. The molecule has 0 bridgehead atoms. The molecule has 5 nitrogen and oxygen atoms in total. The zero-order chi connectivity index (χ0) is 15.5. The van der Waals surface area contributed by atoms with Gasteiger partial charge in [-0.3, -0.25) is 9.59 Å². The first-order valence-corrected chi connectivity index (χ1v) is 7.58. The molecule has 0 aliphatic heterocycles. The Kier molecular flexibility index (Phi) is 4.13. The molecule has 1 fully saturated rings. The number of furan rings is 1. The van der Waals surface area contributed by atoms with Gasteiger partial charge in [-0.25, -0.2) is 0 Å². The van der Waals surface area contributed by atoms with Crippen LogP contribution in [-0.2, 0) is 14.3 Å². The van der Waals surface area contributed by atoms with Gasteiger partial charge in [0.05, 0.1) is 12.0 Å². The molecule has 0 unspecified atom stereocenters. The van der Waals surface area contributed by atoms with Gasteiger partial charge in [-0.05, 0) is 31.9 Å². The summed E-state index contributed by atoms with van der Waals surface area (Å²) >= 11 is 0. The Morgan fingerprint density at radius 3 is 2.82 bits per heavy atom. The van der Waals surface area contributed by atoms with Gasteiger partial charge in [0.1, 0.15) is 11.3 Å². The van der Waals surface area contributed by atoms with E-state index in [0.717, 1.165) is 30.2 Å². The molecule has 2 aromatic rings. The number of carbonyl (C=O) groups is 2. The normalized spacial score (nSPS) is 16.0. The molecule has 0 radical (unpaired) electrons. The van der Waals surface area contributed by atoms with Crippen LogP contribution in [-0.4, -0.2) is 18.5 Å². The molecule has 0 spiro atoms. The third-order valence-electron chi connectivity index (χ3n) is 4.03. The molecule has 0 saturated heterocycles. The van der Waals surface area contributed by atoms with Crippen molar-refractivity contribution < 1.29 is 18.7 Å². The van der Waals surface area contributed by atoms with Crippen molar-refractivity contribution in [2.75, 3.05) is 6.61 Å². The molecule has 3 rings (SSSR count). The number of rotatable bonds is 5. The van der Waals surface area contributed by atoms with Crippen LogP contribution in [0.15, 0.2) is 34.7 Å². The number of fused-ring (bicyclic) bond motifs is 1. The highest BCUT2D eigenvalue weighted by Gasteiger charge is 2.27. The summed E-state index contributed by atoms with van der Waals surface area (Å²) in [6.45, 7) is 1.60. The topological polar surface area (TPSA) is 68.5 Å². The third-order valence-corrected chi connectivity index (χ3v) is 4.03. The van der Waals surface area contributed by atoms with Crippen molar-refractivity contribution in [2.24, 2.45) is 5.92 Å². The molecule has 5 heteroatoms. The van der Waals surface area contributed by atoms with Crippen LogP contribution >= 0.6 is 0 Å². The first-order chi connectivity index (χ1) is 10.6. The Hall–Kier alpha value is -2.30. The second-order valence-electron chi connectivity index (χ2n) is 5.71. The lowest BCUT2D eigenvalue weighted by Crippen LogP contribution is -2.33. The van der Waals surface area contributed by atoms with Crippen molar-refractivity contribution in [2.45, 2.75) is 32.2 Å². The Morgan fingerprint density at radius 1 is 1.36 bits per heavy atom. The van der Waals surface area contributed by atoms with E-state index < -0.39 is 0 Å². The van der Waals surface area contributed by atoms with Crippen molar-refractivity contribution in [3.63, 3.8) is 0 Å². The Bertz CT molecular complexity index is 654. The number of benzene rings is 1. The number of hydrogen-bond donors (Lipinski definition) is 1. The van der Waals surface area contributed by atoms with Gasteiger partial charge in [0.2, 0.25) is 0 Å². The Morgan fingerprint density at radius 2 is 2.14 bits per heavy atom. The molecular weight excluding hydrogens is 282 g/mol. The Labute approximate surface area is 128 Å². The minimum atomic E-state index is -0.319. The second kappa shape index (κ2) is 6.22. The molecule has 1 aromatic carbocycles. The smallest absolute Gasteiger partial charge is 0.309 e. The molecule has 1 N–H and O–H groups in total. The minimum absolute atomic E-state index is 0.0133. The molecular formula is C17H19NO4. The first-order valence-electron chi connectivity index (χ1n) is 7.58. The van der Waals surface area contributed by atoms with E-state index in [1.54, 1.807) is 0 Å². The maximum Gasteiger partial charge on any atom is 0.309 e. The number of hydrogen-bond acceptors (Lipinski definition) is 4. The van der Waals surface area contributed by atoms with E-state index in [9.17, 15) is 9.59 Å². The molecule has 1 aromatic heterocycles. The second-order valence-corrected chi connectivity index (χ2v) is 5.71. The van der Waals surface area contributed by atoms with Crippen molar-refractivity contribution in [3.05, 3.63) is 36.1 Å². The highest BCUT2D eigenvalue weighted by atomic mass is 16.5. The highest BCUT2D eigenvalue weighted by molar-refractivity contribution is 5.82. The summed E-state index contributed by atoms with van der Waals surface area (Å²) < 4.78 is 10.7. The van der Waals surface area contributed by atoms with Crippen molar-refractivity contribution >= 4 is 22.8 Å². The summed E-state index contributed by atoms with van der Waals surface area (Å²) in [6.07, 6.45) is 2.81. The van der Waals surface area contributed by atoms with Crippen molar-refractivity contribution in [1.29, 1.82) is 0 Å². The molecule has 1 heterocycles. The van der Waals surface area contributed by atoms with Gasteiger partial charge in [-0.1, -0.05) is 24.6 Å². The number of esters is 1. The molecule has 1 aliphatic carbocycles. The van der Waals surface area contributed by atoms with Crippen molar-refractivity contribution in [1.82, 2.24) is 5.32 Å². The van der Waals surface area contributed by atoms with E-state index in [1.165, 1.54) is 0 Å². The first kappa shape index (κ1) is 14.6. The maximum atomic E-state index is 11.8. The number of amides is 1. The van der Waals surface area contributed by atoms with Gasteiger partial charge >= 0.3 is 5.97 Å². The summed E-state index contributed by atoms with van der Waals surface area (Å²) in [5.41, 5.74) is 0.787. The van der Waals surface area contributed by atoms with Crippen molar-refractivity contribution in [3.8, 4) is 0 Å². The van der Waals surface area contributed by atoms with E-state index in [0.29, 0.717) is 5.76 Å². The van der Waals surface area contributed by atoms with Crippen LogP contribution in [0.1, 0.15) is 38.0 Å². The van der Waals surface area contributed by atoms with Gasteiger partial charge in [0, 0.05) is 5.39 Å². The van der Waals surface area contributed by atoms with E-state index in [-0.39, 0.29) is 30.4 Å². The predicted octanol–water partition coefficient (Wildman–Crippen LogP) is 2.95. The van der Waals surface area contributed by atoms with Crippen LogP contribution < -0.4 is 5.32 Å². The number of ether oxygens (including phenoxy) is 1. The van der Waals surface area contributed by atoms with Crippen LogP contribution in [0.25, 0.3) is 11.0 Å². The van der Waals surface area contributed by atoms with Crippen LogP contribution in [0.3, 0.4) is 0 Å². The minimum Gasteiger partial charge on any atom is -0.459 e. The SMILES string of the molecule is C[C@H](NC(=O)COC(=O)C1CCC1)c1cc2ccccc2o1. The fraction of sp³-hybridized carbons (Fsp3) is 0.412. The quantitative estimate of drug-likeness (QED) is 0.862. The number of nitrogens with one attached hydrogen (secondary N) is 1. The fourth-order valence-electron chi connectivity index (χ4n) is 2.47. The maximum absolute atomic E-state index is 11.8. The van der Waals surface area contributed by atoms with E-state index in [4.69, 9.17) is 9.15 Å². The summed E-state index contributed by atoms with van der Waals surface area (Å²) in [7, 11) is 0. The third kappa shape index (κ3) is 3.13. The van der Waals surface area contributed by atoms with Gasteiger partial charge in [0.25, 0.3) is 5.91 Å². The van der Waals surface area contributed by atoms with Gasteiger partial charge in [-0.2, -0.15) is 0 Å². The fourth-order valence-corrected chi connectivity index (χ4v) is 2.47. The lowest BCUT2D eigenvalue weighted by Gasteiger charge is -2.23. The summed E-state index contributed by atoms with van der Waals surface area (Å²) in [6, 6.07) is 9.30. The summed E-state index contributed by atoms with van der Waals surface area (Å²) in [5, 5.41) is 3.77. The van der Waals surface area contributed by atoms with Gasteiger partial charge in [-0.15, -0.1) is 0 Å². The van der Waals surface area contributed by atoms with E-state index >= 15 is 0 Å². The number of para-hydroxylation sites is 1. The molecule has 1 amide bonds. The highest BCUT2D eigenvalue weighted by Crippen LogP contribution is 2.27.